The van der Waals surface area contributed by atoms with Crippen molar-refractivity contribution in [1.29, 1.82) is 0 Å². The first-order valence-electron chi connectivity index (χ1n) is 7.64. The van der Waals surface area contributed by atoms with Crippen molar-refractivity contribution in [2.45, 2.75) is 57.2 Å². The molecular weight excluding hydrogens is 234 g/mol. The van der Waals surface area contributed by atoms with Crippen LogP contribution in [0.3, 0.4) is 0 Å². The van der Waals surface area contributed by atoms with Gasteiger partial charge in [-0.1, -0.05) is 57.0 Å². The fourth-order valence-electron chi connectivity index (χ4n) is 3.63. The molecule has 1 N–H and O–H groups in total. The van der Waals surface area contributed by atoms with Crippen LogP contribution in [0.4, 0.5) is 0 Å². The van der Waals surface area contributed by atoms with E-state index in [1.54, 1.807) is 0 Å². The van der Waals surface area contributed by atoms with E-state index in [-0.39, 0.29) is 11.6 Å². The van der Waals surface area contributed by atoms with Gasteiger partial charge in [0.25, 0.3) is 0 Å². The highest BCUT2D eigenvalue weighted by Crippen LogP contribution is 2.39. The molecule has 104 valence electrons. The van der Waals surface area contributed by atoms with Crippen LogP contribution < -0.4 is 5.32 Å². The van der Waals surface area contributed by atoms with Gasteiger partial charge in [-0.3, -0.25) is 0 Å². The second-order valence-corrected chi connectivity index (χ2v) is 6.54. The molecular formula is C17H25NO. The minimum Gasteiger partial charge on any atom is -0.370 e. The van der Waals surface area contributed by atoms with Gasteiger partial charge < -0.3 is 10.1 Å². The van der Waals surface area contributed by atoms with Gasteiger partial charge >= 0.3 is 0 Å². The molecule has 1 aromatic rings. The third kappa shape index (κ3) is 2.56. The molecule has 1 aliphatic heterocycles. The average Bonchev–Trinajstić information content (AvgIpc) is 2.88. The van der Waals surface area contributed by atoms with Gasteiger partial charge in [0.1, 0.15) is 0 Å². The maximum Gasteiger partial charge on any atom is 0.0981 e. The minimum absolute atomic E-state index is 0.201. The Morgan fingerprint density at radius 2 is 1.84 bits per heavy atom. The highest BCUT2D eigenvalue weighted by molar-refractivity contribution is 5.21. The van der Waals surface area contributed by atoms with Gasteiger partial charge in [0.05, 0.1) is 12.7 Å². The predicted octanol–water partition coefficient (Wildman–Crippen LogP) is 3.68. The Balaban J connectivity index is 1.82. The van der Waals surface area contributed by atoms with Crippen LogP contribution in [0.2, 0.25) is 0 Å². The molecule has 19 heavy (non-hydrogen) atoms. The summed E-state index contributed by atoms with van der Waals surface area (Å²) in [4.78, 5) is 0. The summed E-state index contributed by atoms with van der Waals surface area (Å²) in [6.45, 7) is 5.46. The van der Waals surface area contributed by atoms with Crippen LogP contribution in [-0.2, 0) is 4.74 Å². The fourth-order valence-corrected chi connectivity index (χ4v) is 3.63. The summed E-state index contributed by atoms with van der Waals surface area (Å²) in [5, 5.41) is 3.95. The van der Waals surface area contributed by atoms with Crippen LogP contribution in [0, 0.1) is 5.92 Å². The van der Waals surface area contributed by atoms with Crippen molar-refractivity contribution in [3.8, 4) is 0 Å². The first-order valence-corrected chi connectivity index (χ1v) is 7.64. The lowest BCUT2D eigenvalue weighted by Crippen LogP contribution is -2.60. The smallest absolute Gasteiger partial charge is 0.0981 e. The minimum atomic E-state index is 0.201. The number of hydrogen-bond acceptors (Lipinski definition) is 2. The third-order valence-electron chi connectivity index (χ3n) is 4.75. The standard InChI is InChI=1S/C17H25NO/c1-13(2)15-16(14-8-4-3-5-9-14)19-12-17(18-15)10-6-7-11-17/h3-5,8-9,13,15-16,18H,6-7,10-12H2,1-2H3. The van der Waals surface area contributed by atoms with Crippen LogP contribution in [-0.4, -0.2) is 18.2 Å². The van der Waals surface area contributed by atoms with E-state index < -0.39 is 0 Å². The van der Waals surface area contributed by atoms with Gasteiger partial charge in [0.15, 0.2) is 0 Å². The van der Waals surface area contributed by atoms with E-state index in [0.717, 1.165) is 6.61 Å². The second-order valence-electron chi connectivity index (χ2n) is 6.54. The maximum absolute atomic E-state index is 6.31. The zero-order valence-corrected chi connectivity index (χ0v) is 12.1. The summed E-state index contributed by atoms with van der Waals surface area (Å²) in [5.74, 6) is 0.586. The van der Waals surface area contributed by atoms with Gasteiger partial charge in [-0.15, -0.1) is 0 Å². The van der Waals surface area contributed by atoms with E-state index in [1.807, 2.05) is 0 Å². The predicted molar refractivity (Wildman–Crippen MR) is 78.1 cm³/mol. The van der Waals surface area contributed by atoms with Gasteiger partial charge in [-0.2, -0.15) is 0 Å². The van der Waals surface area contributed by atoms with Crippen molar-refractivity contribution in [1.82, 2.24) is 5.32 Å². The van der Waals surface area contributed by atoms with Crippen LogP contribution in [0.15, 0.2) is 30.3 Å². The highest BCUT2D eigenvalue weighted by atomic mass is 16.5. The summed E-state index contributed by atoms with van der Waals surface area (Å²) in [5.41, 5.74) is 1.57. The molecule has 2 unspecified atom stereocenters. The quantitative estimate of drug-likeness (QED) is 0.874. The molecule has 0 bridgehead atoms. The molecule has 2 heteroatoms. The first-order chi connectivity index (χ1) is 9.20. The lowest BCUT2D eigenvalue weighted by atomic mass is 9.86. The summed E-state index contributed by atoms with van der Waals surface area (Å²) in [7, 11) is 0. The van der Waals surface area contributed by atoms with E-state index in [2.05, 4.69) is 49.5 Å². The van der Waals surface area contributed by atoms with Gasteiger partial charge in [0.2, 0.25) is 0 Å². The van der Waals surface area contributed by atoms with Crippen LogP contribution in [0.25, 0.3) is 0 Å². The number of benzene rings is 1. The maximum atomic E-state index is 6.31. The summed E-state index contributed by atoms with van der Waals surface area (Å²) < 4.78 is 6.31. The normalized spacial score (nSPS) is 30.1. The first kappa shape index (κ1) is 13.1. The Hall–Kier alpha value is -0.860. The molecule has 3 rings (SSSR count). The largest absolute Gasteiger partial charge is 0.370 e. The average molecular weight is 259 g/mol. The molecule has 0 amide bonds. The van der Waals surface area contributed by atoms with E-state index in [1.165, 1.54) is 31.2 Å². The summed E-state index contributed by atoms with van der Waals surface area (Å²) in [6, 6.07) is 11.1. The van der Waals surface area contributed by atoms with E-state index >= 15 is 0 Å². The Labute approximate surface area is 116 Å². The fraction of sp³-hybridized carbons (Fsp3) is 0.647. The molecule has 1 aromatic carbocycles. The lowest BCUT2D eigenvalue weighted by Gasteiger charge is -2.46. The highest BCUT2D eigenvalue weighted by Gasteiger charge is 2.43. The van der Waals surface area contributed by atoms with Crippen LogP contribution in [0.1, 0.15) is 51.2 Å². The molecule has 0 radical (unpaired) electrons. The zero-order valence-electron chi connectivity index (χ0n) is 12.1. The molecule has 2 aliphatic rings. The number of hydrogen-bond donors (Lipinski definition) is 1. The topological polar surface area (TPSA) is 21.3 Å². The molecule has 2 fully saturated rings. The van der Waals surface area contributed by atoms with Crippen LogP contribution >= 0.6 is 0 Å². The van der Waals surface area contributed by atoms with E-state index in [4.69, 9.17) is 4.74 Å². The summed E-state index contributed by atoms with van der Waals surface area (Å²) >= 11 is 0. The van der Waals surface area contributed by atoms with Crippen molar-refractivity contribution in [3.63, 3.8) is 0 Å². The second kappa shape index (κ2) is 5.26. The van der Waals surface area contributed by atoms with Crippen molar-refractivity contribution in [2.75, 3.05) is 6.61 Å². The van der Waals surface area contributed by atoms with Crippen molar-refractivity contribution in [3.05, 3.63) is 35.9 Å². The molecule has 2 nitrogen and oxygen atoms in total. The molecule has 1 heterocycles. The number of rotatable bonds is 2. The van der Waals surface area contributed by atoms with Crippen molar-refractivity contribution in [2.24, 2.45) is 5.92 Å². The van der Waals surface area contributed by atoms with Crippen LogP contribution in [0.5, 0.6) is 0 Å². The Bertz CT molecular complexity index is 409. The van der Waals surface area contributed by atoms with E-state index in [9.17, 15) is 0 Å². The van der Waals surface area contributed by atoms with Crippen molar-refractivity contribution < 1.29 is 4.74 Å². The lowest BCUT2D eigenvalue weighted by molar-refractivity contribution is -0.0742. The Kier molecular flexibility index (Phi) is 3.64. The van der Waals surface area contributed by atoms with Gasteiger partial charge in [-0.25, -0.2) is 0 Å². The molecule has 1 saturated heterocycles. The third-order valence-corrected chi connectivity index (χ3v) is 4.75. The SMILES string of the molecule is CC(C)C1NC2(CCCC2)COC1c1ccccc1. The van der Waals surface area contributed by atoms with Gasteiger partial charge in [-0.05, 0) is 24.3 Å². The summed E-state index contributed by atoms with van der Waals surface area (Å²) in [6.07, 6.45) is 5.44. The number of ether oxygens (including phenoxy) is 1. The molecule has 1 saturated carbocycles. The molecule has 0 aromatic heterocycles. The number of morpholine rings is 1. The molecule has 1 aliphatic carbocycles. The molecule has 2 atom stereocenters. The zero-order chi connectivity index (χ0) is 13.3. The van der Waals surface area contributed by atoms with Crippen molar-refractivity contribution >= 4 is 0 Å². The Morgan fingerprint density at radius 3 is 2.47 bits per heavy atom. The number of nitrogens with one attached hydrogen (secondary N) is 1. The Morgan fingerprint density at radius 1 is 1.16 bits per heavy atom. The van der Waals surface area contributed by atoms with E-state index in [0.29, 0.717) is 12.0 Å². The van der Waals surface area contributed by atoms with Gasteiger partial charge in [0, 0.05) is 11.6 Å². The monoisotopic (exact) mass is 259 g/mol. The molecule has 1 spiro atoms.